The number of carboxylic acid groups (broad SMARTS) is 2. The molecule has 0 saturated carbocycles. The number of benzene rings is 2. The lowest BCUT2D eigenvalue weighted by Crippen LogP contribution is -2.36. The van der Waals surface area contributed by atoms with E-state index >= 15 is 0 Å². The van der Waals surface area contributed by atoms with Crippen molar-refractivity contribution in [3.8, 4) is 22.6 Å². The Morgan fingerprint density at radius 1 is 0.971 bits per heavy atom. The first-order valence-electron chi connectivity index (χ1n) is 11.4. The number of morpholine rings is 1. The molecule has 0 spiro atoms. The number of methoxy groups -OCH3 is 2. The van der Waals surface area contributed by atoms with Crippen LogP contribution < -0.4 is 9.47 Å². The van der Waals surface area contributed by atoms with Crippen molar-refractivity contribution in [3.63, 3.8) is 0 Å². The van der Waals surface area contributed by atoms with E-state index in [2.05, 4.69) is 41.3 Å². The minimum Gasteiger partial charge on any atom is -0.493 e. The Morgan fingerprint density at radius 2 is 1.63 bits per heavy atom. The Kier molecular flexibility index (Phi) is 9.46. The topological polar surface area (TPSA) is 106 Å². The van der Waals surface area contributed by atoms with Crippen LogP contribution in [0.3, 0.4) is 0 Å². The van der Waals surface area contributed by atoms with Crippen LogP contribution in [0.25, 0.3) is 16.7 Å². The molecule has 8 nitrogen and oxygen atoms in total. The van der Waals surface area contributed by atoms with E-state index in [-0.39, 0.29) is 0 Å². The van der Waals surface area contributed by atoms with E-state index in [1.807, 2.05) is 6.07 Å². The second kappa shape index (κ2) is 12.7. The van der Waals surface area contributed by atoms with Gasteiger partial charge in [-0.25, -0.2) is 9.59 Å². The predicted octanol–water partition coefficient (Wildman–Crippen LogP) is 3.74. The molecule has 35 heavy (non-hydrogen) atoms. The zero-order valence-corrected chi connectivity index (χ0v) is 20.0. The fraction of sp³-hybridized carbons (Fsp3) is 0.333. The monoisotopic (exact) mass is 481 g/mol. The summed E-state index contributed by atoms with van der Waals surface area (Å²) in [6.07, 6.45) is 5.61. The number of fused-ring (bicyclic) bond motifs is 1. The second-order valence-corrected chi connectivity index (χ2v) is 8.05. The summed E-state index contributed by atoms with van der Waals surface area (Å²) in [7, 11) is 3.35. The molecule has 1 saturated heterocycles. The molecule has 2 aliphatic rings. The molecule has 2 aromatic carbocycles. The summed E-state index contributed by atoms with van der Waals surface area (Å²) in [6, 6.07) is 12.8. The van der Waals surface area contributed by atoms with Gasteiger partial charge in [0.25, 0.3) is 0 Å². The van der Waals surface area contributed by atoms with Crippen LogP contribution in [0.5, 0.6) is 11.5 Å². The van der Waals surface area contributed by atoms with Gasteiger partial charge in [-0.15, -0.1) is 0 Å². The van der Waals surface area contributed by atoms with Gasteiger partial charge in [-0.3, -0.25) is 4.90 Å². The molecule has 1 aliphatic heterocycles. The maximum absolute atomic E-state index is 9.55. The van der Waals surface area contributed by atoms with Gasteiger partial charge in [-0.1, -0.05) is 30.3 Å². The Balaban J connectivity index is 0.000000371. The highest BCUT2D eigenvalue weighted by Gasteiger charge is 2.20. The number of aliphatic carboxylic acids is 2. The summed E-state index contributed by atoms with van der Waals surface area (Å²) in [5.74, 6) is -0.982. The third kappa shape index (κ3) is 7.18. The van der Waals surface area contributed by atoms with Gasteiger partial charge in [0, 0.05) is 31.8 Å². The summed E-state index contributed by atoms with van der Waals surface area (Å²) in [5.41, 5.74) is 6.74. The maximum Gasteiger partial charge on any atom is 0.328 e. The number of hydrogen-bond donors (Lipinski definition) is 2. The number of carbonyl (C=O) groups is 2. The molecule has 4 rings (SSSR count). The zero-order valence-electron chi connectivity index (χ0n) is 20.0. The van der Waals surface area contributed by atoms with E-state index in [9.17, 15) is 9.59 Å². The van der Waals surface area contributed by atoms with E-state index < -0.39 is 11.9 Å². The summed E-state index contributed by atoms with van der Waals surface area (Å²) in [6.45, 7) is 4.92. The fourth-order valence-corrected chi connectivity index (χ4v) is 4.20. The van der Waals surface area contributed by atoms with Crippen molar-refractivity contribution in [3.05, 3.63) is 65.8 Å². The summed E-state index contributed by atoms with van der Waals surface area (Å²) >= 11 is 0. The van der Waals surface area contributed by atoms with E-state index in [1.54, 1.807) is 14.2 Å². The molecular formula is C27H31NO7. The Hall–Kier alpha value is -3.62. The minimum atomic E-state index is -1.26. The van der Waals surface area contributed by atoms with Crippen LogP contribution in [-0.4, -0.2) is 74.1 Å². The molecule has 1 heterocycles. The normalized spacial score (nSPS) is 15.1. The fourth-order valence-electron chi connectivity index (χ4n) is 4.20. The second-order valence-electron chi connectivity index (χ2n) is 8.05. The molecule has 0 radical (unpaired) electrons. The molecule has 0 aromatic heterocycles. The van der Waals surface area contributed by atoms with Crippen LogP contribution in [0.4, 0.5) is 0 Å². The molecule has 0 amide bonds. The molecule has 2 N–H and O–H groups in total. The van der Waals surface area contributed by atoms with Gasteiger partial charge in [0.1, 0.15) is 0 Å². The van der Waals surface area contributed by atoms with Gasteiger partial charge in [0.15, 0.2) is 11.5 Å². The molecule has 0 unspecified atom stereocenters. The van der Waals surface area contributed by atoms with Crippen molar-refractivity contribution in [1.82, 2.24) is 4.90 Å². The van der Waals surface area contributed by atoms with Crippen molar-refractivity contribution < 1.29 is 34.0 Å². The van der Waals surface area contributed by atoms with E-state index in [0.29, 0.717) is 12.2 Å². The van der Waals surface area contributed by atoms with Gasteiger partial charge in [-0.2, -0.15) is 0 Å². The number of nitrogens with zero attached hydrogens (tertiary/aromatic N) is 1. The van der Waals surface area contributed by atoms with Crippen LogP contribution in [0.1, 0.15) is 17.5 Å². The lowest BCUT2D eigenvalue weighted by Gasteiger charge is -2.26. The first-order valence-corrected chi connectivity index (χ1v) is 11.4. The highest BCUT2D eigenvalue weighted by atomic mass is 16.5. The average molecular weight is 482 g/mol. The van der Waals surface area contributed by atoms with Crippen LogP contribution >= 0.6 is 0 Å². The summed E-state index contributed by atoms with van der Waals surface area (Å²) < 4.78 is 16.3. The molecule has 2 aromatic rings. The lowest BCUT2D eigenvalue weighted by atomic mass is 9.94. The van der Waals surface area contributed by atoms with Crippen molar-refractivity contribution in [2.45, 2.75) is 12.8 Å². The lowest BCUT2D eigenvalue weighted by molar-refractivity contribution is -0.134. The standard InChI is InChI=1S/C23H27NO3.C4H4O4/c1-25-22-9-7-18(16-23(22)26-2)20-5-3-4-19-17(6-8-21(19)20)10-11-24-12-14-27-15-13-24;5-3(6)1-2-4(7)8/h3-7,9,16H,8,10-15H2,1-2H3;1-2H,(H,5,6)(H,7,8)/b;2-1-. The van der Waals surface area contributed by atoms with Crippen LogP contribution in [0.15, 0.2) is 54.6 Å². The Labute approximate surface area is 205 Å². The molecule has 8 heteroatoms. The van der Waals surface area contributed by atoms with Crippen LogP contribution in [-0.2, 0) is 20.7 Å². The number of rotatable bonds is 8. The zero-order chi connectivity index (χ0) is 25.2. The highest BCUT2D eigenvalue weighted by Crippen LogP contribution is 2.39. The Bertz CT molecular complexity index is 1080. The third-order valence-corrected chi connectivity index (χ3v) is 5.94. The maximum atomic E-state index is 9.55. The number of allylic oxidation sites excluding steroid dienone is 1. The van der Waals surface area contributed by atoms with Gasteiger partial charge >= 0.3 is 11.9 Å². The first-order chi connectivity index (χ1) is 16.9. The predicted molar refractivity (Wildman–Crippen MR) is 133 cm³/mol. The van der Waals surface area contributed by atoms with Crippen molar-refractivity contribution in [2.24, 2.45) is 0 Å². The molecule has 1 aliphatic carbocycles. The van der Waals surface area contributed by atoms with Crippen molar-refractivity contribution in [2.75, 3.05) is 47.1 Å². The molecule has 0 bridgehead atoms. The largest absolute Gasteiger partial charge is 0.493 e. The Morgan fingerprint density at radius 3 is 2.26 bits per heavy atom. The van der Waals surface area contributed by atoms with Crippen LogP contribution in [0.2, 0.25) is 0 Å². The summed E-state index contributed by atoms with van der Waals surface area (Å²) in [5, 5.41) is 15.6. The van der Waals surface area contributed by atoms with Crippen molar-refractivity contribution >= 4 is 17.5 Å². The first kappa shape index (κ1) is 26.0. The number of carboxylic acids is 2. The van der Waals surface area contributed by atoms with E-state index in [0.717, 1.165) is 57.2 Å². The number of hydrogen-bond acceptors (Lipinski definition) is 6. The van der Waals surface area contributed by atoms with Gasteiger partial charge in [0.2, 0.25) is 0 Å². The molecule has 186 valence electrons. The van der Waals surface area contributed by atoms with E-state index in [1.165, 1.54) is 27.8 Å². The summed E-state index contributed by atoms with van der Waals surface area (Å²) in [4.78, 5) is 21.6. The molecule has 1 fully saturated rings. The average Bonchev–Trinajstić information content (AvgIpc) is 3.30. The quantitative estimate of drug-likeness (QED) is 0.550. The van der Waals surface area contributed by atoms with Gasteiger partial charge in [-0.05, 0) is 52.8 Å². The van der Waals surface area contributed by atoms with Gasteiger partial charge < -0.3 is 24.4 Å². The molecular weight excluding hydrogens is 450 g/mol. The third-order valence-electron chi connectivity index (χ3n) is 5.94. The van der Waals surface area contributed by atoms with Crippen molar-refractivity contribution in [1.29, 1.82) is 0 Å². The molecule has 0 atom stereocenters. The number of ether oxygens (including phenoxy) is 3. The SMILES string of the molecule is COc1ccc(-c2cccc3c2CC=C3CCN2CCOCC2)cc1OC.O=C(O)/C=C\C(=O)O. The highest BCUT2D eigenvalue weighted by molar-refractivity contribution is 5.89. The van der Waals surface area contributed by atoms with E-state index in [4.69, 9.17) is 24.4 Å². The smallest absolute Gasteiger partial charge is 0.328 e. The van der Waals surface area contributed by atoms with Crippen LogP contribution in [0, 0.1) is 0 Å². The minimum absolute atomic E-state index is 0.558. The van der Waals surface area contributed by atoms with Gasteiger partial charge in [0.05, 0.1) is 27.4 Å².